The van der Waals surface area contributed by atoms with Crippen molar-refractivity contribution in [2.24, 2.45) is 7.05 Å². The molecular weight excluding hydrogens is 326 g/mol. The van der Waals surface area contributed by atoms with Crippen molar-refractivity contribution in [3.8, 4) is 0 Å². The summed E-state index contributed by atoms with van der Waals surface area (Å²) in [6.45, 7) is 2.87. The molecule has 3 rings (SSSR count). The molecule has 0 bridgehead atoms. The van der Waals surface area contributed by atoms with Crippen molar-refractivity contribution in [1.29, 1.82) is 0 Å². The zero-order valence-electron chi connectivity index (χ0n) is 15.6. The highest BCUT2D eigenvalue weighted by Gasteiger charge is 2.22. The fourth-order valence-corrected chi connectivity index (χ4v) is 3.60. The quantitative estimate of drug-likeness (QED) is 0.829. The monoisotopic (exact) mass is 355 g/mol. The lowest BCUT2D eigenvalue weighted by molar-refractivity contribution is -0.121. The van der Waals surface area contributed by atoms with E-state index in [1.165, 1.54) is 31.2 Å². The second kappa shape index (κ2) is 9.48. The summed E-state index contributed by atoms with van der Waals surface area (Å²) in [5, 5.41) is 11.0. The Bertz CT molecular complexity index is 677. The van der Waals surface area contributed by atoms with Gasteiger partial charge in [-0.15, -0.1) is 10.2 Å². The summed E-state index contributed by atoms with van der Waals surface area (Å²) in [5.74, 6) is 0.913. The molecule has 1 fully saturated rings. The van der Waals surface area contributed by atoms with Crippen LogP contribution in [0.5, 0.6) is 0 Å². The number of rotatable bonds is 7. The van der Waals surface area contributed by atoms with Gasteiger partial charge < -0.3 is 9.88 Å². The Morgan fingerprint density at radius 3 is 2.54 bits per heavy atom. The molecule has 0 spiro atoms. The van der Waals surface area contributed by atoms with E-state index in [4.69, 9.17) is 0 Å². The minimum Gasteiger partial charge on any atom is -0.354 e. The first kappa shape index (κ1) is 18.6. The lowest BCUT2D eigenvalue weighted by Crippen LogP contribution is -2.38. The van der Waals surface area contributed by atoms with Crippen LogP contribution in [0, 0.1) is 0 Å². The first-order valence-electron chi connectivity index (χ1n) is 9.62. The van der Waals surface area contributed by atoms with E-state index in [1.54, 1.807) is 6.33 Å². The number of nitrogens with zero attached hydrogens (tertiary/aromatic N) is 4. The largest absolute Gasteiger partial charge is 0.354 e. The summed E-state index contributed by atoms with van der Waals surface area (Å²) >= 11 is 0. The molecule has 0 aliphatic carbocycles. The van der Waals surface area contributed by atoms with Crippen LogP contribution in [-0.2, 0) is 18.3 Å². The fraction of sp³-hybridized carbons (Fsp3) is 0.550. The zero-order chi connectivity index (χ0) is 18.2. The Morgan fingerprint density at radius 2 is 1.88 bits per heavy atom. The minimum atomic E-state index is 0.0729. The number of benzene rings is 1. The molecule has 2 aromatic rings. The molecule has 1 N–H and O–H groups in total. The van der Waals surface area contributed by atoms with Gasteiger partial charge in [0.25, 0.3) is 0 Å². The lowest BCUT2D eigenvalue weighted by atomic mass is 10.0. The van der Waals surface area contributed by atoms with Crippen LogP contribution in [0.3, 0.4) is 0 Å². The van der Waals surface area contributed by atoms with E-state index in [-0.39, 0.29) is 11.9 Å². The molecule has 1 aliphatic heterocycles. The molecular formula is C20H29N5O. The molecule has 0 unspecified atom stereocenters. The molecule has 0 radical (unpaired) electrons. The Balaban J connectivity index is 1.58. The predicted molar refractivity (Wildman–Crippen MR) is 102 cm³/mol. The third-order valence-corrected chi connectivity index (χ3v) is 5.14. The molecule has 1 saturated heterocycles. The highest BCUT2D eigenvalue weighted by Crippen LogP contribution is 2.23. The summed E-state index contributed by atoms with van der Waals surface area (Å²) in [5.41, 5.74) is 1.28. The number of hydrogen-bond acceptors (Lipinski definition) is 4. The SMILES string of the molecule is Cn1cnnc1CCC(=O)NC[C@@H](c1ccccc1)N1CCCCCC1. The number of amides is 1. The van der Waals surface area contributed by atoms with Gasteiger partial charge >= 0.3 is 0 Å². The number of aromatic nitrogens is 3. The van der Waals surface area contributed by atoms with E-state index in [9.17, 15) is 4.79 Å². The molecule has 0 saturated carbocycles. The van der Waals surface area contributed by atoms with Gasteiger partial charge in [0.1, 0.15) is 12.2 Å². The minimum absolute atomic E-state index is 0.0729. The number of carbonyl (C=O) groups excluding carboxylic acids is 1. The highest BCUT2D eigenvalue weighted by molar-refractivity contribution is 5.76. The Hall–Kier alpha value is -2.21. The van der Waals surface area contributed by atoms with Crippen LogP contribution >= 0.6 is 0 Å². The Morgan fingerprint density at radius 1 is 1.15 bits per heavy atom. The van der Waals surface area contributed by atoms with Crippen molar-refractivity contribution >= 4 is 5.91 Å². The number of carbonyl (C=O) groups is 1. The van der Waals surface area contributed by atoms with Gasteiger partial charge in [-0.2, -0.15) is 0 Å². The van der Waals surface area contributed by atoms with Gasteiger partial charge in [0.15, 0.2) is 0 Å². The van der Waals surface area contributed by atoms with Crippen molar-refractivity contribution in [3.05, 3.63) is 48.0 Å². The number of likely N-dealkylation sites (tertiary alicyclic amines) is 1. The molecule has 2 heterocycles. The molecule has 1 atom stereocenters. The molecule has 140 valence electrons. The molecule has 26 heavy (non-hydrogen) atoms. The van der Waals surface area contributed by atoms with Crippen LogP contribution in [-0.4, -0.2) is 45.2 Å². The van der Waals surface area contributed by atoms with E-state index >= 15 is 0 Å². The fourth-order valence-electron chi connectivity index (χ4n) is 3.60. The van der Waals surface area contributed by atoms with Crippen LogP contribution in [0.25, 0.3) is 0 Å². The van der Waals surface area contributed by atoms with Crippen molar-refractivity contribution in [2.75, 3.05) is 19.6 Å². The molecule has 1 amide bonds. The number of hydrogen-bond donors (Lipinski definition) is 1. The molecule has 1 aliphatic rings. The van der Waals surface area contributed by atoms with Crippen LogP contribution < -0.4 is 5.32 Å². The third-order valence-electron chi connectivity index (χ3n) is 5.14. The highest BCUT2D eigenvalue weighted by atomic mass is 16.1. The van der Waals surface area contributed by atoms with Gasteiger partial charge in [0.2, 0.25) is 5.91 Å². The normalized spacial score (nSPS) is 16.8. The maximum absolute atomic E-state index is 12.3. The van der Waals surface area contributed by atoms with Crippen molar-refractivity contribution in [3.63, 3.8) is 0 Å². The van der Waals surface area contributed by atoms with E-state index in [0.717, 1.165) is 18.9 Å². The maximum atomic E-state index is 12.3. The van der Waals surface area contributed by atoms with E-state index in [0.29, 0.717) is 19.4 Å². The van der Waals surface area contributed by atoms with Gasteiger partial charge in [0, 0.05) is 26.4 Å². The van der Waals surface area contributed by atoms with E-state index < -0.39 is 0 Å². The van der Waals surface area contributed by atoms with E-state index in [1.807, 2.05) is 17.7 Å². The van der Waals surface area contributed by atoms with Crippen LogP contribution in [0.2, 0.25) is 0 Å². The summed E-state index contributed by atoms with van der Waals surface area (Å²) in [6, 6.07) is 10.8. The molecule has 1 aromatic carbocycles. The summed E-state index contributed by atoms with van der Waals surface area (Å²) in [7, 11) is 1.90. The molecule has 6 nitrogen and oxygen atoms in total. The van der Waals surface area contributed by atoms with Crippen molar-refractivity contribution in [1.82, 2.24) is 25.0 Å². The van der Waals surface area contributed by atoms with Gasteiger partial charge in [0.05, 0.1) is 6.04 Å². The Labute approximate surface area is 155 Å². The van der Waals surface area contributed by atoms with Gasteiger partial charge in [-0.05, 0) is 31.5 Å². The van der Waals surface area contributed by atoms with Crippen LogP contribution in [0.15, 0.2) is 36.7 Å². The second-order valence-corrected chi connectivity index (χ2v) is 7.04. The number of nitrogens with one attached hydrogen (secondary N) is 1. The lowest BCUT2D eigenvalue weighted by Gasteiger charge is -2.31. The second-order valence-electron chi connectivity index (χ2n) is 7.04. The average Bonchev–Trinajstić information content (AvgIpc) is 2.90. The maximum Gasteiger partial charge on any atom is 0.220 e. The standard InChI is InChI=1S/C20H29N5O/c1-24-16-22-23-19(24)11-12-20(26)21-15-18(17-9-5-4-6-10-17)25-13-7-2-3-8-14-25/h4-6,9-10,16,18H,2-3,7-8,11-15H2,1H3,(H,21,26)/t18-/m0/s1. The van der Waals surface area contributed by atoms with Gasteiger partial charge in [-0.25, -0.2) is 0 Å². The van der Waals surface area contributed by atoms with E-state index in [2.05, 4.69) is 44.7 Å². The van der Waals surface area contributed by atoms with Gasteiger partial charge in [-0.3, -0.25) is 9.69 Å². The Kier molecular flexibility index (Phi) is 6.77. The average molecular weight is 355 g/mol. The first-order chi connectivity index (χ1) is 12.7. The summed E-state index contributed by atoms with van der Waals surface area (Å²) < 4.78 is 1.86. The van der Waals surface area contributed by atoms with Crippen molar-refractivity contribution in [2.45, 2.75) is 44.6 Å². The molecule has 1 aromatic heterocycles. The summed E-state index contributed by atoms with van der Waals surface area (Å²) in [6.07, 6.45) is 7.81. The topological polar surface area (TPSA) is 63.1 Å². The van der Waals surface area contributed by atoms with Crippen LogP contribution in [0.1, 0.15) is 49.5 Å². The first-order valence-corrected chi connectivity index (χ1v) is 9.62. The number of aryl methyl sites for hydroxylation is 2. The summed E-state index contributed by atoms with van der Waals surface area (Å²) in [4.78, 5) is 14.9. The smallest absolute Gasteiger partial charge is 0.220 e. The van der Waals surface area contributed by atoms with Crippen LogP contribution in [0.4, 0.5) is 0 Å². The zero-order valence-corrected chi connectivity index (χ0v) is 15.6. The van der Waals surface area contributed by atoms with Gasteiger partial charge in [-0.1, -0.05) is 43.2 Å². The third kappa shape index (κ3) is 5.14. The van der Waals surface area contributed by atoms with Crippen molar-refractivity contribution < 1.29 is 4.79 Å². The predicted octanol–water partition coefficient (Wildman–Crippen LogP) is 2.48. The molecule has 6 heteroatoms.